The van der Waals surface area contributed by atoms with Gasteiger partial charge in [0.05, 0.1) is 0 Å². The second-order valence-electron chi connectivity index (χ2n) is 5.00. The normalized spacial score (nSPS) is 11.6. The third-order valence-electron chi connectivity index (χ3n) is 2.79. The maximum atomic E-state index is 12.6. The number of nitrogens with zero attached hydrogens (tertiary/aromatic N) is 2. The Morgan fingerprint density at radius 3 is 2.62 bits per heavy atom. The quantitative estimate of drug-likeness (QED) is 0.877. The Morgan fingerprint density at radius 1 is 1.43 bits per heavy atom. The van der Waals surface area contributed by atoms with Gasteiger partial charge in [0.25, 0.3) is 5.91 Å². The summed E-state index contributed by atoms with van der Waals surface area (Å²) in [6, 6.07) is 2.59. The molecule has 1 aromatic rings. The van der Waals surface area contributed by atoms with E-state index in [2.05, 4.69) is 10.3 Å². The summed E-state index contributed by atoms with van der Waals surface area (Å²) in [5.74, 6) is -0.720. The molecule has 0 aliphatic carbocycles. The second kappa shape index (κ2) is 7.28. The van der Waals surface area contributed by atoms with Gasteiger partial charge in [-0.1, -0.05) is 6.92 Å². The Morgan fingerprint density at radius 2 is 2.10 bits per heavy atom. The van der Waals surface area contributed by atoms with E-state index in [1.165, 1.54) is 12.3 Å². The highest BCUT2D eigenvalue weighted by atomic mass is 19.4. The van der Waals surface area contributed by atoms with Crippen LogP contribution in [0.3, 0.4) is 0 Å². The van der Waals surface area contributed by atoms with E-state index in [1.807, 2.05) is 6.92 Å². The van der Waals surface area contributed by atoms with Crippen LogP contribution in [0.1, 0.15) is 37.7 Å². The Hall–Kier alpha value is -1.79. The highest BCUT2D eigenvalue weighted by Crippen LogP contribution is 2.20. The number of rotatable bonds is 6. The van der Waals surface area contributed by atoms with Crippen molar-refractivity contribution >= 4 is 11.6 Å². The average molecular weight is 303 g/mol. The number of hydrogen-bond donors (Lipinski definition) is 1. The highest BCUT2D eigenvalue weighted by Gasteiger charge is 2.35. The predicted octanol–water partition coefficient (Wildman–Crippen LogP) is 3.32. The monoisotopic (exact) mass is 303 g/mol. The van der Waals surface area contributed by atoms with Crippen molar-refractivity contribution < 1.29 is 18.0 Å². The number of anilines is 1. The summed E-state index contributed by atoms with van der Waals surface area (Å²) in [6.45, 7) is 4.52. The van der Waals surface area contributed by atoms with Crippen molar-refractivity contribution in [1.82, 2.24) is 9.88 Å². The highest BCUT2D eigenvalue weighted by molar-refractivity contribution is 5.93. The molecule has 0 spiro atoms. The summed E-state index contributed by atoms with van der Waals surface area (Å²) in [5, 5.41) is 3.07. The molecule has 4 nitrogen and oxygen atoms in total. The fourth-order valence-electron chi connectivity index (χ4n) is 1.76. The van der Waals surface area contributed by atoms with Gasteiger partial charge in [-0.2, -0.15) is 13.2 Å². The molecule has 0 atom stereocenters. The first-order valence-electron chi connectivity index (χ1n) is 6.82. The van der Waals surface area contributed by atoms with Crippen LogP contribution in [0.25, 0.3) is 0 Å². The molecule has 0 radical (unpaired) electrons. The molecule has 21 heavy (non-hydrogen) atoms. The van der Waals surface area contributed by atoms with Crippen LogP contribution in [0, 0.1) is 0 Å². The zero-order valence-corrected chi connectivity index (χ0v) is 12.4. The van der Waals surface area contributed by atoms with Crippen LogP contribution in [-0.2, 0) is 0 Å². The molecule has 118 valence electrons. The van der Waals surface area contributed by atoms with Gasteiger partial charge in [0, 0.05) is 24.5 Å². The number of alkyl halides is 3. The smallest absolute Gasteiger partial charge is 0.385 e. The van der Waals surface area contributed by atoms with Crippen molar-refractivity contribution in [2.24, 2.45) is 0 Å². The van der Waals surface area contributed by atoms with Crippen LogP contribution >= 0.6 is 0 Å². The average Bonchev–Trinajstić information content (AvgIpc) is 2.41. The van der Waals surface area contributed by atoms with E-state index >= 15 is 0 Å². The van der Waals surface area contributed by atoms with Crippen LogP contribution in [-0.4, -0.2) is 41.1 Å². The van der Waals surface area contributed by atoms with Crippen molar-refractivity contribution in [2.75, 3.05) is 18.4 Å². The molecule has 0 saturated heterocycles. The van der Waals surface area contributed by atoms with Gasteiger partial charge in [0.1, 0.15) is 12.2 Å². The summed E-state index contributed by atoms with van der Waals surface area (Å²) in [6.07, 6.45) is -2.12. The number of carbonyl (C=O) groups is 1. The van der Waals surface area contributed by atoms with Crippen molar-refractivity contribution in [3.63, 3.8) is 0 Å². The van der Waals surface area contributed by atoms with Crippen LogP contribution in [0.5, 0.6) is 0 Å². The molecule has 0 unspecified atom stereocenters. The first-order valence-corrected chi connectivity index (χ1v) is 6.82. The summed E-state index contributed by atoms with van der Waals surface area (Å²) >= 11 is 0. The molecular formula is C14H20F3N3O. The van der Waals surface area contributed by atoms with Gasteiger partial charge in [0.2, 0.25) is 0 Å². The number of pyridine rings is 1. The Balaban J connectivity index is 2.93. The number of carbonyl (C=O) groups excluding carboxylic acids is 1. The van der Waals surface area contributed by atoms with Gasteiger partial charge in [-0.05, 0) is 32.4 Å². The van der Waals surface area contributed by atoms with E-state index in [9.17, 15) is 18.0 Å². The Bertz CT molecular complexity index is 475. The van der Waals surface area contributed by atoms with E-state index in [0.29, 0.717) is 12.2 Å². The lowest BCUT2D eigenvalue weighted by atomic mass is 10.2. The van der Waals surface area contributed by atoms with Crippen LogP contribution in [0.15, 0.2) is 18.3 Å². The third kappa shape index (κ3) is 5.61. The maximum Gasteiger partial charge on any atom is 0.406 e. The summed E-state index contributed by atoms with van der Waals surface area (Å²) in [4.78, 5) is 16.9. The molecule has 1 N–H and O–H groups in total. The number of amides is 1. The standard InChI is InChI=1S/C14H20F3N3O/c1-4-6-18-11-5-7-19-12(8-11)13(21)20(10(2)3)9-14(15,16)17/h5,7-8,10H,4,6,9H2,1-3H3,(H,18,19). The van der Waals surface area contributed by atoms with Crippen molar-refractivity contribution in [3.8, 4) is 0 Å². The topological polar surface area (TPSA) is 45.2 Å². The van der Waals surface area contributed by atoms with Gasteiger partial charge in [-0.3, -0.25) is 9.78 Å². The number of halogens is 3. The molecule has 0 fully saturated rings. The largest absolute Gasteiger partial charge is 0.406 e. The van der Waals surface area contributed by atoms with Gasteiger partial charge in [0.15, 0.2) is 0 Å². The van der Waals surface area contributed by atoms with Gasteiger partial charge >= 0.3 is 6.18 Å². The van der Waals surface area contributed by atoms with Gasteiger partial charge in [-0.25, -0.2) is 0 Å². The lowest BCUT2D eigenvalue weighted by Gasteiger charge is -2.27. The lowest BCUT2D eigenvalue weighted by molar-refractivity contribution is -0.143. The summed E-state index contributed by atoms with van der Waals surface area (Å²) in [7, 11) is 0. The minimum Gasteiger partial charge on any atom is -0.385 e. The molecule has 7 heteroatoms. The molecule has 0 bridgehead atoms. The summed E-state index contributed by atoms with van der Waals surface area (Å²) < 4.78 is 37.7. The zero-order chi connectivity index (χ0) is 16.0. The number of aromatic nitrogens is 1. The SMILES string of the molecule is CCCNc1ccnc(C(=O)N(CC(F)(F)F)C(C)C)c1. The third-order valence-corrected chi connectivity index (χ3v) is 2.79. The van der Waals surface area contributed by atoms with E-state index in [4.69, 9.17) is 0 Å². The first-order chi connectivity index (χ1) is 9.74. The molecule has 0 aliphatic heterocycles. The fraction of sp³-hybridized carbons (Fsp3) is 0.571. The molecule has 1 aromatic heterocycles. The van der Waals surface area contributed by atoms with Crippen molar-refractivity contribution in [1.29, 1.82) is 0 Å². The maximum absolute atomic E-state index is 12.6. The lowest BCUT2D eigenvalue weighted by Crippen LogP contribution is -2.43. The van der Waals surface area contributed by atoms with E-state index < -0.39 is 24.7 Å². The number of nitrogens with one attached hydrogen (secondary N) is 1. The predicted molar refractivity (Wildman–Crippen MR) is 75.2 cm³/mol. The molecule has 0 saturated carbocycles. The first kappa shape index (κ1) is 17.3. The number of hydrogen-bond acceptors (Lipinski definition) is 3. The van der Waals surface area contributed by atoms with E-state index in [1.54, 1.807) is 19.9 Å². The Kier molecular flexibility index (Phi) is 5.99. The van der Waals surface area contributed by atoms with Gasteiger partial charge < -0.3 is 10.2 Å². The minimum atomic E-state index is -4.43. The van der Waals surface area contributed by atoms with E-state index in [-0.39, 0.29) is 5.69 Å². The summed E-state index contributed by atoms with van der Waals surface area (Å²) in [5.41, 5.74) is 0.681. The molecule has 0 aromatic carbocycles. The second-order valence-corrected chi connectivity index (χ2v) is 5.00. The van der Waals surface area contributed by atoms with Crippen LogP contribution in [0.2, 0.25) is 0 Å². The fourth-order valence-corrected chi connectivity index (χ4v) is 1.76. The molecule has 1 heterocycles. The molecule has 1 amide bonds. The Labute approximate surface area is 122 Å². The van der Waals surface area contributed by atoms with E-state index in [0.717, 1.165) is 11.3 Å². The minimum absolute atomic E-state index is 0.00838. The molecular weight excluding hydrogens is 283 g/mol. The molecule has 1 rings (SSSR count). The molecule has 0 aliphatic rings. The van der Waals surface area contributed by atoms with Crippen molar-refractivity contribution in [2.45, 2.75) is 39.4 Å². The zero-order valence-electron chi connectivity index (χ0n) is 12.4. The van der Waals surface area contributed by atoms with Gasteiger partial charge in [-0.15, -0.1) is 0 Å². The van der Waals surface area contributed by atoms with Crippen LogP contribution < -0.4 is 5.32 Å². The van der Waals surface area contributed by atoms with Crippen molar-refractivity contribution in [3.05, 3.63) is 24.0 Å². The van der Waals surface area contributed by atoms with Crippen LogP contribution in [0.4, 0.5) is 18.9 Å².